The van der Waals surface area contributed by atoms with Gasteiger partial charge in [-0.15, -0.1) is 0 Å². The lowest BCUT2D eigenvalue weighted by Gasteiger charge is -2.32. The van der Waals surface area contributed by atoms with E-state index in [1.807, 2.05) is 35.2 Å². The van der Waals surface area contributed by atoms with Gasteiger partial charge in [-0.05, 0) is 18.2 Å². The van der Waals surface area contributed by atoms with Crippen LogP contribution in [0.3, 0.4) is 0 Å². The van der Waals surface area contributed by atoms with Crippen molar-refractivity contribution in [2.75, 3.05) is 39.8 Å². The summed E-state index contributed by atoms with van der Waals surface area (Å²) in [4.78, 5) is 15.9. The van der Waals surface area contributed by atoms with E-state index in [0.717, 1.165) is 32.7 Å². The molecule has 0 saturated carbocycles. The number of carbonyl (C=O) groups is 1. The minimum atomic E-state index is 0.0649. The molecule has 1 aromatic rings. The number of para-hydroxylation sites is 1. The van der Waals surface area contributed by atoms with Crippen molar-refractivity contribution in [2.45, 2.75) is 0 Å². The van der Waals surface area contributed by atoms with Gasteiger partial charge in [-0.2, -0.15) is 0 Å². The fourth-order valence-corrected chi connectivity index (χ4v) is 2.43. The number of nitrogens with one attached hydrogen (secondary N) is 1. The molecule has 0 radical (unpaired) electrons. The van der Waals surface area contributed by atoms with E-state index in [9.17, 15) is 4.79 Å². The third kappa shape index (κ3) is 3.15. The van der Waals surface area contributed by atoms with E-state index in [1.54, 1.807) is 7.11 Å². The topological polar surface area (TPSA) is 34.0 Å². The van der Waals surface area contributed by atoms with Gasteiger partial charge in [0.05, 0.1) is 45.4 Å². The van der Waals surface area contributed by atoms with Gasteiger partial charge in [-0.25, -0.2) is 0 Å². The Morgan fingerprint density at radius 1 is 1.42 bits per heavy atom. The average Bonchev–Trinajstić information content (AvgIpc) is 2.47. The summed E-state index contributed by atoms with van der Waals surface area (Å²) in [5, 5.41) is 0. The summed E-state index contributed by atoms with van der Waals surface area (Å²) < 4.78 is 5.25. The van der Waals surface area contributed by atoms with E-state index >= 15 is 0 Å². The molecular weight excluding hydrogens is 240 g/mol. The number of ether oxygens (including phenoxy) is 1. The van der Waals surface area contributed by atoms with Gasteiger partial charge >= 0.3 is 0 Å². The van der Waals surface area contributed by atoms with Crippen LogP contribution in [-0.2, 0) is 0 Å². The molecule has 1 aliphatic rings. The van der Waals surface area contributed by atoms with E-state index in [0.29, 0.717) is 11.3 Å². The Balaban J connectivity index is 2.03. The van der Waals surface area contributed by atoms with E-state index in [2.05, 4.69) is 6.58 Å². The predicted octanol–water partition coefficient (Wildman–Crippen LogP) is 0.222. The molecule has 2 rings (SSSR count). The smallest absolute Gasteiger partial charge is 0.258 e. The molecule has 0 unspecified atom stereocenters. The Morgan fingerprint density at radius 3 is 2.74 bits per heavy atom. The van der Waals surface area contributed by atoms with Crippen LogP contribution in [0.5, 0.6) is 5.75 Å². The van der Waals surface area contributed by atoms with Crippen LogP contribution < -0.4 is 9.64 Å². The number of methoxy groups -OCH3 is 1. The molecule has 0 atom stereocenters. The number of hydrogen-bond donors (Lipinski definition) is 1. The zero-order valence-electron chi connectivity index (χ0n) is 11.4. The van der Waals surface area contributed by atoms with Crippen LogP contribution in [-0.4, -0.2) is 50.6 Å². The monoisotopic (exact) mass is 261 g/mol. The van der Waals surface area contributed by atoms with Gasteiger partial charge in [0.1, 0.15) is 5.75 Å². The number of amides is 1. The first-order valence-corrected chi connectivity index (χ1v) is 6.63. The van der Waals surface area contributed by atoms with E-state index in [4.69, 9.17) is 4.74 Å². The van der Waals surface area contributed by atoms with Crippen molar-refractivity contribution in [1.82, 2.24) is 4.90 Å². The van der Waals surface area contributed by atoms with Gasteiger partial charge < -0.3 is 14.5 Å². The lowest BCUT2D eigenvalue weighted by Crippen LogP contribution is -3.14. The second-order valence-corrected chi connectivity index (χ2v) is 4.74. The number of benzene rings is 1. The molecule has 1 fully saturated rings. The second-order valence-electron chi connectivity index (χ2n) is 4.74. The van der Waals surface area contributed by atoms with Crippen LogP contribution in [0, 0.1) is 0 Å². The van der Waals surface area contributed by atoms with Crippen molar-refractivity contribution in [3.05, 3.63) is 42.5 Å². The third-order valence-electron chi connectivity index (χ3n) is 3.53. The first-order chi connectivity index (χ1) is 9.26. The molecule has 4 nitrogen and oxygen atoms in total. The van der Waals surface area contributed by atoms with Gasteiger partial charge in [-0.1, -0.05) is 18.7 Å². The lowest BCUT2D eigenvalue weighted by molar-refractivity contribution is -0.898. The summed E-state index contributed by atoms with van der Waals surface area (Å²) in [5.41, 5.74) is 0.650. The number of quaternary nitrogens is 1. The Hall–Kier alpha value is -1.81. The molecule has 0 aliphatic carbocycles. The first kappa shape index (κ1) is 13.6. The zero-order chi connectivity index (χ0) is 13.7. The Labute approximate surface area is 114 Å². The maximum atomic E-state index is 12.5. The fraction of sp³-hybridized carbons (Fsp3) is 0.400. The summed E-state index contributed by atoms with van der Waals surface area (Å²) in [7, 11) is 1.60. The number of nitrogens with zero attached hydrogens (tertiary/aromatic N) is 1. The second kappa shape index (κ2) is 6.38. The number of hydrogen-bond acceptors (Lipinski definition) is 2. The van der Waals surface area contributed by atoms with Gasteiger partial charge in [0, 0.05) is 0 Å². The maximum absolute atomic E-state index is 12.5. The highest BCUT2D eigenvalue weighted by Crippen LogP contribution is 2.19. The van der Waals surface area contributed by atoms with Gasteiger partial charge in [0.25, 0.3) is 5.91 Å². The largest absolute Gasteiger partial charge is 0.496 e. The van der Waals surface area contributed by atoms with Crippen molar-refractivity contribution >= 4 is 5.91 Å². The first-order valence-electron chi connectivity index (χ1n) is 6.63. The van der Waals surface area contributed by atoms with Crippen LogP contribution in [0.15, 0.2) is 36.9 Å². The number of piperazine rings is 1. The molecule has 102 valence electrons. The molecule has 0 bridgehead atoms. The van der Waals surface area contributed by atoms with Crippen molar-refractivity contribution in [2.24, 2.45) is 0 Å². The molecule has 1 amide bonds. The lowest BCUT2D eigenvalue weighted by atomic mass is 10.1. The summed E-state index contributed by atoms with van der Waals surface area (Å²) in [6.45, 7) is 8.27. The van der Waals surface area contributed by atoms with Crippen LogP contribution in [0.25, 0.3) is 0 Å². The molecular formula is C15H21N2O2+. The molecule has 1 heterocycles. The molecule has 1 saturated heterocycles. The summed E-state index contributed by atoms with van der Waals surface area (Å²) in [6.07, 6.45) is 1.94. The molecule has 1 N–H and O–H groups in total. The minimum Gasteiger partial charge on any atom is -0.496 e. The molecule has 4 heteroatoms. The standard InChI is InChI=1S/C15H20N2O2/c1-3-8-16-9-11-17(12-10-16)15(18)13-6-4-5-7-14(13)19-2/h3-7H,1,8-12H2,2H3/p+1. The van der Waals surface area contributed by atoms with Gasteiger partial charge in [0.15, 0.2) is 0 Å². The third-order valence-corrected chi connectivity index (χ3v) is 3.53. The number of rotatable bonds is 4. The average molecular weight is 261 g/mol. The molecule has 0 aromatic heterocycles. The molecule has 19 heavy (non-hydrogen) atoms. The van der Waals surface area contributed by atoms with Crippen LogP contribution in [0.1, 0.15) is 10.4 Å². The predicted molar refractivity (Wildman–Crippen MR) is 74.7 cm³/mol. The quantitative estimate of drug-likeness (QED) is 0.787. The van der Waals surface area contributed by atoms with Gasteiger partial charge in [-0.3, -0.25) is 4.79 Å². The summed E-state index contributed by atoms with van der Waals surface area (Å²) >= 11 is 0. The Kier molecular flexibility index (Phi) is 4.58. The van der Waals surface area contributed by atoms with Crippen molar-refractivity contribution in [3.8, 4) is 5.75 Å². The highest BCUT2D eigenvalue weighted by molar-refractivity contribution is 5.97. The normalized spacial score (nSPS) is 16.2. The number of carbonyl (C=O) groups excluding carboxylic acids is 1. The molecule has 1 aromatic carbocycles. The van der Waals surface area contributed by atoms with Crippen molar-refractivity contribution < 1.29 is 14.4 Å². The van der Waals surface area contributed by atoms with E-state index in [1.165, 1.54) is 4.90 Å². The zero-order valence-corrected chi connectivity index (χ0v) is 11.4. The van der Waals surface area contributed by atoms with Gasteiger partial charge in [0.2, 0.25) is 0 Å². The highest BCUT2D eigenvalue weighted by Gasteiger charge is 2.25. The van der Waals surface area contributed by atoms with Crippen LogP contribution in [0.2, 0.25) is 0 Å². The highest BCUT2D eigenvalue weighted by atomic mass is 16.5. The van der Waals surface area contributed by atoms with E-state index in [-0.39, 0.29) is 5.91 Å². The van der Waals surface area contributed by atoms with Crippen LogP contribution in [0.4, 0.5) is 0 Å². The van der Waals surface area contributed by atoms with Crippen molar-refractivity contribution in [1.29, 1.82) is 0 Å². The Bertz CT molecular complexity index is 451. The maximum Gasteiger partial charge on any atom is 0.258 e. The molecule has 0 spiro atoms. The fourth-order valence-electron chi connectivity index (χ4n) is 2.43. The molecule has 1 aliphatic heterocycles. The van der Waals surface area contributed by atoms with E-state index < -0.39 is 0 Å². The summed E-state index contributed by atoms with van der Waals surface area (Å²) in [5.74, 6) is 0.712. The minimum absolute atomic E-state index is 0.0649. The SMILES string of the molecule is C=CC[NH+]1CCN(C(=O)c2ccccc2OC)CC1. The summed E-state index contributed by atoms with van der Waals surface area (Å²) in [6, 6.07) is 7.40. The van der Waals surface area contributed by atoms with Crippen LogP contribution >= 0.6 is 0 Å². The van der Waals surface area contributed by atoms with Crippen molar-refractivity contribution in [3.63, 3.8) is 0 Å². The Morgan fingerprint density at radius 2 is 2.11 bits per heavy atom.